The number of rotatable bonds is 9. The second-order valence-electron chi connectivity index (χ2n) is 8.23. The minimum Gasteiger partial charge on any atom is -0.478 e. The lowest BCUT2D eigenvalue weighted by atomic mass is 10.1. The van der Waals surface area contributed by atoms with Crippen molar-refractivity contribution in [3.8, 4) is 0 Å². The van der Waals surface area contributed by atoms with E-state index in [2.05, 4.69) is 5.32 Å². The molecule has 2 atom stereocenters. The summed E-state index contributed by atoms with van der Waals surface area (Å²) in [4.78, 5) is 51.1. The summed E-state index contributed by atoms with van der Waals surface area (Å²) in [5.74, 6) is -4.48. The summed E-state index contributed by atoms with van der Waals surface area (Å²) in [6.45, 7) is 5.42. The largest absolute Gasteiger partial charge is 0.478 e. The zero-order valence-electron chi connectivity index (χ0n) is 20.2. The maximum atomic E-state index is 13.3. The highest BCUT2D eigenvalue weighted by Gasteiger charge is 2.41. The summed E-state index contributed by atoms with van der Waals surface area (Å²) >= 11 is 0. The Morgan fingerprint density at radius 1 is 0.778 bits per heavy atom. The average Bonchev–Trinajstić information content (AvgIpc) is 2.86. The predicted molar refractivity (Wildman–Crippen MR) is 133 cm³/mol. The lowest BCUT2D eigenvalue weighted by Gasteiger charge is -2.24. The second-order valence-corrected chi connectivity index (χ2v) is 8.23. The smallest absolute Gasteiger partial charge is 0.349 e. The monoisotopic (exact) mass is 489 g/mol. The van der Waals surface area contributed by atoms with E-state index in [0.29, 0.717) is 12.1 Å². The normalized spacial score (nSPS) is 12.2. The van der Waals surface area contributed by atoms with Crippen molar-refractivity contribution in [3.05, 3.63) is 101 Å². The van der Waals surface area contributed by atoms with Crippen LogP contribution in [-0.2, 0) is 25.5 Å². The quantitative estimate of drug-likeness (QED) is 0.429. The Morgan fingerprint density at radius 2 is 1.31 bits per heavy atom. The molecular formula is C28H27NO7. The van der Waals surface area contributed by atoms with Crippen LogP contribution in [0.25, 0.3) is 0 Å². The van der Waals surface area contributed by atoms with E-state index in [0.717, 1.165) is 16.7 Å². The van der Waals surface area contributed by atoms with Gasteiger partial charge in [0, 0.05) is 5.69 Å². The molecule has 186 valence electrons. The van der Waals surface area contributed by atoms with E-state index in [1.165, 1.54) is 24.3 Å². The number of para-hydroxylation sites is 1. The molecule has 8 nitrogen and oxygen atoms in total. The number of nitrogens with one attached hydrogen (secondary N) is 1. The molecule has 8 heteroatoms. The van der Waals surface area contributed by atoms with Gasteiger partial charge in [0.2, 0.25) is 12.2 Å². The Bertz CT molecular complexity index is 1280. The zero-order valence-corrected chi connectivity index (χ0v) is 20.2. The number of hydrogen-bond donors (Lipinski definition) is 2. The molecule has 0 radical (unpaired) electrons. The summed E-state index contributed by atoms with van der Waals surface area (Å²) in [5, 5.41) is 12.5. The van der Waals surface area contributed by atoms with E-state index in [-0.39, 0.29) is 11.1 Å². The molecule has 0 spiro atoms. The summed E-state index contributed by atoms with van der Waals surface area (Å²) in [6, 6.07) is 19.7. The van der Waals surface area contributed by atoms with Crippen molar-refractivity contribution in [1.82, 2.24) is 0 Å². The average molecular weight is 490 g/mol. The Hall–Kier alpha value is -4.46. The van der Waals surface area contributed by atoms with Gasteiger partial charge in [-0.25, -0.2) is 14.4 Å². The highest BCUT2D eigenvalue weighted by Crippen LogP contribution is 2.19. The van der Waals surface area contributed by atoms with E-state index < -0.39 is 36.0 Å². The van der Waals surface area contributed by atoms with Crippen LogP contribution in [0.3, 0.4) is 0 Å². The number of aryl methyl sites for hydroxylation is 3. The summed E-state index contributed by atoms with van der Waals surface area (Å²) in [5.41, 5.74) is 2.96. The van der Waals surface area contributed by atoms with Gasteiger partial charge in [0.25, 0.3) is 5.91 Å². The minimum atomic E-state index is -2.10. The molecule has 1 amide bonds. The van der Waals surface area contributed by atoms with Crippen LogP contribution in [0.1, 0.15) is 44.3 Å². The molecule has 3 aromatic carbocycles. The molecule has 3 aromatic rings. The number of ether oxygens (including phenoxy) is 2. The number of amides is 1. The second kappa shape index (κ2) is 11.8. The van der Waals surface area contributed by atoms with Crippen molar-refractivity contribution in [3.63, 3.8) is 0 Å². The first-order chi connectivity index (χ1) is 17.2. The van der Waals surface area contributed by atoms with Gasteiger partial charge in [0.15, 0.2) is 0 Å². The van der Waals surface area contributed by atoms with Crippen molar-refractivity contribution in [2.45, 2.75) is 39.4 Å². The van der Waals surface area contributed by atoms with E-state index in [4.69, 9.17) is 9.47 Å². The number of carbonyl (C=O) groups is 4. The van der Waals surface area contributed by atoms with Crippen LogP contribution in [0.4, 0.5) is 5.69 Å². The van der Waals surface area contributed by atoms with Gasteiger partial charge in [-0.05, 0) is 56.2 Å². The molecule has 0 aliphatic heterocycles. The molecule has 3 rings (SSSR count). The molecule has 0 fully saturated rings. The standard InChI is InChI=1S/C28H27NO7/c1-4-19-11-5-6-14-22(19)29-25(30)23(35-27(33)20-12-7-9-17(2)15-20)24(26(31)32)36-28(34)21-13-8-10-18(3)16-21/h5-16,23-24H,4H2,1-3H3,(H,29,30)(H,31,32)/t23-,24+/m1/s1. The lowest BCUT2D eigenvalue weighted by molar-refractivity contribution is -0.157. The van der Waals surface area contributed by atoms with E-state index in [9.17, 15) is 24.3 Å². The highest BCUT2D eigenvalue weighted by atomic mass is 16.6. The fourth-order valence-corrected chi connectivity index (χ4v) is 3.56. The first-order valence-electron chi connectivity index (χ1n) is 11.4. The zero-order chi connectivity index (χ0) is 26.2. The maximum absolute atomic E-state index is 13.3. The molecule has 36 heavy (non-hydrogen) atoms. The van der Waals surface area contributed by atoms with Crippen LogP contribution >= 0.6 is 0 Å². The van der Waals surface area contributed by atoms with Gasteiger partial charge in [0.05, 0.1) is 11.1 Å². The number of anilines is 1. The Labute approximate surface area is 208 Å². The van der Waals surface area contributed by atoms with Crippen molar-refractivity contribution >= 4 is 29.5 Å². The lowest BCUT2D eigenvalue weighted by Crippen LogP contribution is -2.48. The van der Waals surface area contributed by atoms with Gasteiger partial charge in [-0.15, -0.1) is 0 Å². The number of hydrogen-bond acceptors (Lipinski definition) is 6. The molecule has 0 saturated carbocycles. The molecule has 2 N–H and O–H groups in total. The third-order valence-corrected chi connectivity index (χ3v) is 5.41. The van der Waals surface area contributed by atoms with E-state index >= 15 is 0 Å². The number of aliphatic carboxylic acids is 1. The highest BCUT2D eigenvalue weighted by molar-refractivity contribution is 6.01. The van der Waals surface area contributed by atoms with E-state index in [1.54, 1.807) is 62.4 Å². The Morgan fingerprint density at radius 3 is 1.81 bits per heavy atom. The van der Waals surface area contributed by atoms with Gasteiger partial charge in [-0.1, -0.05) is 60.5 Å². The summed E-state index contributed by atoms with van der Waals surface area (Å²) in [7, 11) is 0. The maximum Gasteiger partial charge on any atom is 0.349 e. The van der Waals surface area contributed by atoms with Gasteiger partial charge in [-0.3, -0.25) is 4.79 Å². The number of carbonyl (C=O) groups excluding carboxylic acids is 3. The first kappa shape index (κ1) is 26.2. The van der Waals surface area contributed by atoms with Crippen molar-refractivity contribution < 1.29 is 33.8 Å². The van der Waals surface area contributed by atoms with E-state index in [1.807, 2.05) is 6.92 Å². The van der Waals surface area contributed by atoms with Gasteiger partial charge in [0.1, 0.15) is 0 Å². The van der Waals surface area contributed by atoms with Crippen LogP contribution < -0.4 is 5.32 Å². The van der Waals surface area contributed by atoms with Gasteiger partial charge in [-0.2, -0.15) is 0 Å². The first-order valence-corrected chi connectivity index (χ1v) is 11.4. The number of esters is 2. The molecule has 0 aliphatic carbocycles. The summed E-state index contributed by atoms with van der Waals surface area (Å²) in [6.07, 6.45) is -3.47. The van der Waals surface area contributed by atoms with Crippen LogP contribution in [-0.4, -0.2) is 41.1 Å². The van der Waals surface area contributed by atoms with Crippen molar-refractivity contribution in [2.75, 3.05) is 5.32 Å². The number of benzene rings is 3. The van der Waals surface area contributed by atoms with Crippen LogP contribution in [0.5, 0.6) is 0 Å². The minimum absolute atomic E-state index is 0.0988. The Kier molecular flexibility index (Phi) is 8.57. The number of carboxylic acids is 1. The predicted octanol–water partition coefficient (Wildman–Crippen LogP) is 4.34. The third-order valence-electron chi connectivity index (χ3n) is 5.41. The summed E-state index contributed by atoms with van der Waals surface area (Å²) < 4.78 is 10.6. The van der Waals surface area contributed by atoms with Crippen molar-refractivity contribution in [2.24, 2.45) is 0 Å². The molecule has 0 aromatic heterocycles. The fourth-order valence-electron chi connectivity index (χ4n) is 3.56. The fraction of sp³-hybridized carbons (Fsp3) is 0.214. The molecule has 0 aliphatic rings. The molecule has 0 bridgehead atoms. The molecule has 0 saturated heterocycles. The Balaban J connectivity index is 1.95. The number of carboxylic acid groups (broad SMARTS) is 1. The SMILES string of the molecule is CCc1ccccc1NC(=O)[C@H](OC(=O)c1cccc(C)c1)[C@H](OC(=O)c1cccc(C)c1)C(=O)O. The van der Waals surface area contributed by atoms with Crippen LogP contribution in [0.15, 0.2) is 72.8 Å². The van der Waals surface area contributed by atoms with Crippen LogP contribution in [0.2, 0.25) is 0 Å². The molecule has 0 heterocycles. The van der Waals surface area contributed by atoms with Gasteiger partial charge >= 0.3 is 17.9 Å². The van der Waals surface area contributed by atoms with Crippen molar-refractivity contribution in [1.29, 1.82) is 0 Å². The van der Waals surface area contributed by atoms with Crippen LogP contribution in [0, 0.1) is 13.8 Å². The molecular weight excluding hydrogens is 462 g/mol. The topological polar surface area (TPSA) is 119 Å². The molecule has 0 unspecified atom stereocenters. The van der Waals surface area contributed by atoms with Gasteiger partial charge < -0.3 is 19.9 Å². The third kappa shape index (κ3) is 6.56.